The van der Waals surface area contributed by atoms with Crippen LogP contribution in [0.1, 0.15) is 12.8 Å². The molecule has 0 spiro atoms. The molecule has 0 aromatic carbocycles. The van der Waals surface area contributed by atoms with Gasteiger partial charge in [0.05, 0.1) is 13.1 Å². The summed E-state index contributed by atoms with van der Waals surface area (Å²) >= 11 is 0. The lowest BCUT2D eigenvalue weighted by Gasteiger charge is -2.28. The van der Waals surface area contributed by atoms with Crippen molar-refractivity contribution < 1.29 is 39.0 Å². The molecule has 30 heavy (non-hydrogen) atoms. The van der Waals surface area contributed by atoms with Gasteiger partial charge in [-0.2, -0.15) is 19.2 Å². The van der Waals surface area contributed by atoms with Crippen molar-refractivity contribution in [2.24, 2.45) is 0 Å². The molecule has 0 unspecified atom stereocenters. The molecule has 0 aromatic heterocycles. The molecular weight excluding hydrogens is 400 g/mol. The van der Waals surface area contributed by atoms with Gasteiger partial charge in [-0.1, -0.05) is 0 Å². The van der Waals surface area contributed by atoms with Gasteiger partial charge in [-0.15, -0.1) is 0 Å². The molecule has 12 heteroatoms. The second kappa shape index (κ2) is 19.8. The van der Waals surface area contributed by atoms with Crippen molar-refractivity contribution in [3.05, 3.63) is 0 Å². The highest BCUT2D eigenvalue weighted by Gasteiger charge is 2.15. The summed E-state index contributed by atoms with van der Waals surface area (Å²) in [5.41, 5.74) is 0. The Hall–Kier alpha value is -2.46. The van der Waals surface area contributed by atoms with E-state index in [2.05, 4.69) is 23.9 Å². The molecule has 1 saturated heterocycles. The van der Waals surface area contributed by atoms with E-state index in [9.17, 15) is 9.59 Å². The Morgan fingerprint density at radius 1 is 0.633 bits per heavy atom. The van der Waals surface area contributed by atoms with Gasteiger partial charge in [0.15, 0.2) is 0 Å². The van der Waals surface area contributed by atoms with Crippen molar-refractivity contribution in [1.82, 2.24) is 19.6 Å². The van der Waals surface area contributed by atoms with Gasteiger partial charge in [0, 0.05) is 39.3 Å². The average Bonchev–Trinajstić information content (AvgIpc) is 2.64. The molecule has 0 aliphatic carbocycles. The van der Waals surface area contributed by atoms with Crippen molar-refractivity contribution in [1.29, 1.82) is 0 Å². The maximum Gasteiger partial charge on any atom is 0.373 e. The third-order valence-corrected chi connectivity index (χ3v) is 4.34. The van der Waals surface area contributed by atoms with Crippen molar-refractivity contribution in [2.75, 3.05) is 79.5 Å². The van der Waals surface area contributed by atoms with Crippen LogP contribution in [0.15, 0.2) is 0 Å². The second-order valence-corrected chi connectivity index (χ2v) is 6.82. The Morgan fingerprint density at radius 3 is 1.20 bits per heavy atom. The summed E-state index contributed by atoms with van der Waals surface area (Å²) in [7, 11) is 4.19. The van der Waals surface area contributed by atoms with Crippen LogP contribution in [0, 0.1) is 0 Å². The summed E-state index contributed by atoms with van der Waals surface area (Å²) in [5, 5.41) is 18.1. The smallest absolute Gasteiger partial charge is 0.373 e. The second-order valence-electron chi connectivity index (χ2n) is 6.82. The van der Waals surface area contributed by atoms with E-state index in [0.29, 0.717) is 26.2 Å². The molecule has 0 radical (unpaired) electrons. The van der Waals surface area contributed by atoms with E-state index < -0.39 is 11.9 Å². The summed E-state index contributed by atoms with van der Waals surface area (Å²) in [6.07, 6.45) is 2.32. The first-order valence-electron chi connectivity index (χ1n) is 9.44. The van der Waals surface area contributed by atoms with Crippen LogP contribution in [0.25, 0.3) is 0 Å². The molecule has 0 atom stereocenters. The monoisotopic (exact) mass is 432 g/mol. The molecule has 1 heterocycles. The van der Waals surface area contributed by atoms with E-state index in [0.717, 1.165) is 39.0 Å². The van der Waals surface area contributed by atoms with Crippen LogP contribution < -0.4 is 0 Å². The molecule has 0 saturated carbocycles. The van der Waals surface area contributed by atoms with Crippen LogP contribution in [-0.4, -0.2) is 134 Å². The molecule has 12 nitrogen and oxygen atoms in total. The quantitative estimate of drug-likeness (QED) is 0.517. The van der Waals surface area contributed by atoms with E-state index in [4.69, 9.17) is 29.4 Å². The third-order valence-electron chi connectivity index (χ3n) is 4.34. The minimum Gasteiger partial charge on any atom is -0.480 e. The molecule has 1 aliphatic rings. The summed E-state index contributed by atoms with van der Waals surface area (Å²) in [4.78, 5) is 62.9. The fourth-order valence-electron chi connectivity index (χ4n) is 2.90. The predicted molar refractivity (Wildman–Crippen MR) is 102 cm³/mol. The van der Waals surface area contributed by atoms with Crippen LogP contribution in [0.5, 0.6) is 0 Å². The zero-order valence-corrected chi connectivity index (χ0v) is 17.6. The number of nitrogens with zero attached hydrogens (tertiary/aromatic N) is 4. The molecule has 2 N–H and O–H groups in total. The lowest BCUT2D eigenvalue weighted by molar-refractivity contribution is -0.193. The van der Waals surface area contributed by atoms with Crippen LogP contribution in [0.4, 0.5) is 0 Å². The number of carbonyl (C=O) groups excluding carboxylic acids is 4. The van der Waals surface area contributed by atoms with Gasteiger partial charge in [0.1, 0.15) is 0 Å². The normalized spacial score (nSPS) is 18.2. The first kappa shape index (κ1) is 29.7. The molecular formula is C18H32N4O8. The highest BCUT2D eigenvalue weighted by atomic mass is 16.4. The van der Waals surface area contributed by atoms with Gasteiger partial charge in [-0.3, -0.25) is 19.4 Å². The zero-order chi connectivity index (χ0) is 23.4. The maximum atomic E-state index is 11.0. The standard InChI is InChI=1S/C16H32N4O4.2CO2/c1-17-5-3-7-19(13-15(21)22)11-12-20(14-16(23)24)8-4-6-18(2)10-9-17;2*2-1-3/h3-14H2,1-2H3,(H,21,22)(H,23,24);;. The number of carbonyl (C=O) groups is 2. The van der Waals surface area contributed by atoms with Crippen molar-refractivity contribution in [2.45, 2.75) is 12.8 Å². The molecule has 1 fully saturated rings. The number of carboxylic acid groups (broad SMARTS) is 2. The number of hydrogen-bond acceptors (Lipinski definition) is 10. The molecule has 0 bridgehead atoms. The first-order chi connectivity index (χ1) is 14.2. The molecule has 1 rings (SSSR count). The van der Waals surface area contributed by atoms with Crippen LogP contribution >= 0.6 is 0 Å². The predicted octanol–water partition coefficient (Wildman–Crippen LogP) is -1.75. The number of hydrogen-bond donors (Lipinski definition) is 2. The fraction of sp³-hybridized carbons (Fsp3) is 0.778. The third kappa shape index (κ3) is 20.3. The largest absolute Gasteiger partial charge is 0.480 e. The van der Waals surface area contributed by atoms with Gasteiger partial charge < -0.3 is 20.0 Å². The lowest BCUT2D eigenvalue weighted by atomic mass is 10.3. The van der Waals surface area contributed by atoms with Crippen molar-refractivity contribution in [3.8, 4) is 0 Å². The van der Waals surface area contributed by atoms with Gasteiger partial charge in [-0.05, 0) is 40.0 Å². The minimum absolute atomic E-state index is 0.00731. The molecule has 1 aliphatic heterocycles. The van der Waals surface area contributed by atoms with E-state index in [1.165, 1.54) is 0 Å². The SMILES string of the molecule is CN1CCCN(CC(=O)O)CCN(CC(=O)O)CCCN(C)CC1.O=C=O.O=C=O. The van der Waals surface area contributed by atoms with E-state index >= 15 is 0 Å². The summed E-state index contributed by atoms with van der Waals surface area (Å²) in [6, 6.07) is 0. The molecule has 0 amide bonds. The van der Waals surface area contributed by atoms with Crippen molar-refractivity contribution >= 4 is 24.2 Å². The summed E-state index contributed by atoms with van der Waals surface area (Å²) < 4.78 is 0. The van der Waals surface area contributed by atoms with Crippen LogP contribution in [0.2, 0.25) is 0 Å². The zero-order valence-electron chi connectivity index (χ0n) is 17.6. The Kier molecular flexibility index (Phi) is 19.7. The van der Waals surface area contributed by atoms with Crippen LogP contribution in [-0.2, 0) is 28.8 Å². The minimum atomic E-state index is -0.837. The highest BCUT2D eigenvalue weighted by Crippen LogP contribution is 2.01. The first-order valence-corrected chi connectivity index (χ1v) is 9.44. The summed E-state index contributed by atoms with van der Waals surface area (Å²) in [5.74, 6) is -1.67. The van der Waals surface area contributed by atoms with Crippen LogP contribution in [0.3, 0.4) is 0 Å². The highest BCUT2D eigenvalue weighted by molar-refractivity contribution is 5.69. The lowest BCUT2D eigenvalue weighted by Crippen LogP contribution is -2.42. The number of carboxylic acids is 2. The topological polar surface area (TPSA) is 156 Å². The Bertz CT molecular complexity index is 500. The number of likely N-dealkylation sites (N-methyl/N-ethyl adjacent to an activating group) is 2. The van der Waals surface area contributed by atoms with Gasteiger partial charge in [0.2, 0.25) is 0 Å². The average molecular weight is 432 g/mol. The van der Waals surface area contributed by atoms with E-state index in [-0.39, 0.29) is 25.4 Å². The van der Waals surface area contributed by atoms with Gasteiger partial charge in [0.25, 0.3) is 0 Å². The number of aliphatic carboxylic acids is 2. The van der Waals surface area contributed by atoms with Crippen molar-refractivity contribution in [3.63, 3.8) is 0 Å². The molecule has 172 valence electrons. The maximum absolute atomic E-state index is 11.0. The van der Waals surface area contributed by atoms with E-state index in [1.807, 2.05) is 9.80 Å². The Balaban J connectivity index is 0. The van der Waals surface area contributed by atoms with Gasteiger partial charge in [-0.25, -0.2) is 0 Å². The summed E-state index contributed by atoms with van der Waals surface area (Å²) in [6.45, 7) is 6.44. The Labute approximate surface area is 176 Å². The Morgan fingerprint density at radius 2 is 0.933 bits per heavy atom. The molecule has 0 aromatic rings. The number of rotatable bonds is 4. The van der Waals surface area contributed by atoms with Gasteiger partial charge >= 0.3 is 24.2 Å². The van der Waals surface area contributed by atoms with E-state index in [1.54, 1.807) is 0 Å². The fourth-order valence-corrected chi connectivity index (χ4v) is 2.90.